The number of benzene rings is 1. The van der Waals surface area contributed by atoms with Gasteiger partial charge in [0.2, 0.25) is 5.91 Å². The van der Waals surface area contributed by atoms with Crippen molar-refractivity contribution in [1.82, 2.24) is 0 Å². The molecule has 5 fully saturated rings. The number of nitrogens with one attached hydrogen (secondary N) is 1. The second-order valence-electron chi connectivity index (χ2n) is 8.89. The fourth-order valence-electron chi connectivity index (χ4n) is 6.38. The molecule has 1 aromatic carbocycles. The number of rotatable bonds is 3. The van der Waals surface area contributed by atoms with E-state index in [-0.39, 0.29) is 5.41 Å². The molecule has 6 rings (SSSR count). The molecule has 5 aliphatic rings. The van der Waals surface area contributed by atoms with Crippen molar-refractivity contribution >= 4 is 17.3 Å². The lowest BCUT2D eigenvalue weighted by Crippen LogP contribution is -2.51. The number of anilines is 2. The van der Waals surface area contributed by atoms with E-state index in [1.165, 1.54) is 50.9 Å². The molecule has 4 saturated carbocycles. The summed E-state index contributed by atoms with van der Waals surface area (Å²) in [4.78, 5) is 15.5. The molecule has 128 valence electrons. The first-order valence-corrected chi connectivity index (χ1v) is 9.87. The Balaban J connectivity index is 1.30. The third-order valence-electron chi connectivity index (χ3n) is 7.12. The highest BCUT2D eigenvalue weighted by Crippen LogP contribution is 2.60. The Labute approximate surface area is 144 Å². The minimum atomic E-state index is -0.0532. The van der Waals surface area contributed by atoms with Gasteiger partial charge in [-0.05, 0) is 93.4 Å². The number of amides is 1. The summed E-state index contributed by atoms with van der Waals surface area (Å²) in [7, 11) is 0. The number of hydrogen-bond acceptors (Lipinski definition) is 2. The van der Waals surface area contributed by atoms with E-state index in [0.717, 1.165) is 42.7 Å². The Morgan fingerprint density at radius 3 is 2.00 bits per heavy atom. The number of carbonyl (C=O) groups is 1. The lowest BCUT2D eigenvalue weighted by atomic mass is 9.49. The number of nitrogens with zero attached hydrogens (tertiary/aromatic N) is 1. The molecule has 4 bridgehead atoms. The van der Waals surface area contributed by atoms with Crippen molar-refractivity contribution in [2.75, 3.05) is 23.3 Å². The Hall–Kier alpha value is -1.51. The van der Waals surface area contributed by atoms with Gasteiger partial charge in [0, 0.05) is 24.5 Å². The van der Waals surface area contributed by atoms with E-state index < -0.39 is 0 Å². The van der Waals surface area contributed by atoms with E-state index >= 15 is 0 Å². The Morgan fingerprint density at radius 2 is 1.46 bits per heavy atom. The maximum atomic E-state index is 13.1. The quantitative estimate of drug-likeness (QED) is 0.891. The third-order valence-corrected chi connectivity index (χ3v) is 7.12. The molecule has 1 heterocycles. The maximum absolute atomic E-state index is 13.1. The van der Waals surface area contributed by atoms with Gasteiger partial charge in [-0.15, -0.1) is 0 Å². The molecule has 3 heteroatoms. The van der Waals surface area contributed by atoms with Crippen molar-refractivity contribution in [1.29, 1.82) is 0 Å². The van der Waals surface area contributed by atoms with Gasteiger partial charge in [-0.25, -0.2) is 0 Å². The zero-order valence-corrected chi connectivity index (χ0v) is 14.5. The molecular formula is C21H28N2O. The molecule has 0 spiro atoms. The molecule has 1 saturated heterocycles. The van der Waals surface area contributed by atoms with Crippen molar-refractivity contribution in [3.8, 4) is 0 Å². The molecule has 1 aromatic rings. The summed E-state index contributed by atoms with van der Waals surface area (Å²) in [6, 6.07) is 8.51. The van der Waals surface area contributed by atoms with Crippen LogP contribution in [0.3, 0.4) is 0 Å². The van der Waals surface area contributed by atoms with E-state index in [9.17, 15) is 4.79 Å². The zero-order valence-electron chi connectivity index (χ0n) is 14.5. The first-order chi connectivity index (χ1) is 11.7. The summed E-state index contributed by atoms with van der Waals surface area (Å²) in [5.41, 5.74) is 2.21. The van der Waals surface area contributed by atoms with Gasteiger partial charge in [0.25, 0.3) is 0 Å². The first-order valence-electron chi connectivity index (χ1n) is 9.87. The molecule has 1 N–H and O–H groups in total. The van der Waals surface area contributed by atoms with Gasteiger partial charge in [-0.3, -0.25) is 4.79 Å². The van der Waals surface area contributed by atoms with Gasteiger partial charge < -0.3 is 10.2 Å². The van der Waals surface area contributed by atoms with Crippen LogP contribution in [0.1, 0.15) is 51.4 Å². The molecular weight excluding hydrogens is 296 g/mol. The van der Waals surface area contributed by atoms with Crippen LogP contribution in [-0.4, -0.2) is 19.0 Å². The van der Waals surface area contributed by atoms with Gasteiger partial charge in [-0.2, -0.15) is 0 Å². The zero-order chi connectivity index (χ0) is 16.1. The highest BCUT2D eigenvalue weighted by Gasteiger charge is 2.54. The lowest BCUT2D eigenvalue weighted by Gasteiger charge is -2.55. The average Bonchev–Trinajstić information content (AvgIpc) is 3.09. The summed E-state index contributed by atoms with van der Waals surface area (Å²) in [6.45, 7) is 2.33. The maximum Gasteiger partial charge on any atom is 0.230 e. The van der Waals surface area contributed by atoms with Gasteiger partial charge in [-0.1, -0.05) is 0 Å². The van der Waals surface area contributed by atoms with Gasteiger partial charge in [0.15, 0.2) is 0 Å². The van der Waals surface area contributed by atoms with Crippen molar-refractivity contribution < 1.29 is 4.79 Å². The molecule has 0 unspecified atom stereocenters. The lowest BCUT2D eigenvalue weighted by molar-refractivity contribution is -0.140. The average molecular weight is 324 g/mol. The number of hydrogen-bond donors (Lipinski definition) is 1. The van der Waals surface area contributed by atoms with E-state index in [2.05, 4.69) is 34.5 Å². The Kier molecular flexibility index (Phi) is 3.39. The normalized spacial score (nSPS) is 37.0. The summed E-state index contributed by atoms with van der Waals surface area (Å²) in [6.07, 6.45) is 10.2. The number of carbonyl (C=O) groups excluding carboxylic acids is 1. The van der Waals surface area contributed by atoms with E-state index in [0.29, 0.717) is 5.91 Å². The summed E-state index contributed by atoms with van der Waals surface area (Å²) in [5.74, 6) is 2.76. The fourth-order valence-corrected chi connectivity index (χ4v) is 6.38. The highest BCUT2D eigenvalue weighted by atomic mass is 16.2. The van der Waals surface area contributed by atoms with Crippen LogP contribution in [-0.2, 0) is 4.79 Å². The van der Waals surface area contributed by atoms with Crippen molar-refractivity contribution in [2.45, 2.75) is 51.4 Å². The van der Waals surface area contributed by atoms with Crippen LogP contribution < -0.4 is 10.2 Å². The molecule has 3 nitrogen and oxygen atoms in total. The fraction of sp³-hybridized carbons (Fsp3) is 0.667. The third kappa shape index (κ3) is 2.44. The predicted molar refractivity (Wildman–Crippen MR) is 97.1 cm³/mol. The molecule has 0 radical (unpaired) electrons. The van der Waals surface area contributed by atoms with Crippen LogP contribution in [0.15, 0.2) is 24.3 Å². The summed E-state index contributed by atoms with van der Waals surface area (Å²) < 4.78 is 0. The van der Waals surface area contributed by atoms with Crippen molar-refractivity contribution in [2.24, 2.45) is 23.2 Å². The SMILES string of the molecule is O=C(Nc1ccc(N2CCCC2)cc1)C12CC3CC(CC(C3)C1)C2. The second kappa shape index (κ2) is 5.50. The second-order valence-corrected chi connectivity index (χ2v) is 8.89. The van der Waals surface area contributed by atoms with Crippen LogP contribution in [0.25, 0.3) is 0 Å². The molecule has 1 aliphatic heterocycles. The minimum absolute atomic E-state index is 0.0532. The van der Waals surface area contributed by atoms with Crippen LogP contribution in [0.2, 0.25) is 0 Å². The van der Waals surface area contributed by atoms with Gasteiger partial charge in [0.05, 0.1) is 5.41 Å². The van der Waals surface area contributed by atoms with E-state index in [1.807, 2.05) is 0 Å². The Bertz CT molecular complexity index is 594. The highest BCUT2D eigenvalue weighted by molar-refractivity contribution is 5.95. The van der Waals surface area contributed by atoms with E-state index in [4.69, 9.17) is 0 Å². The van der Waals surface area contributed by atoms with Crippen LogP contribution in [0.4, 0.5) is 11.4 Å². The molecule has 0 atom stereocenters. The molecule has 0 aromatic heterocycles. The van der Waals surface area contributed by atoms with Crippen molar-refractivity contribution in [3.63, 3.8) is 0 Å². The monoisotopic (exact) mass is 324 g/mol. The Morgan fingerprint density at radius 1 is 0.917 bits per heavy atom. The van der Waals surface area contributed by atoms with Crippen LogP contribution >= 0.6 is 0 Å². The van der Waals surface area contributed by atoms with Crippen LogP contribution in [0, 0.1) is 23.2 Å². The smallest absolute Gasteiger partial charge is 0.230 e. The largest absolute Gasteiger partial charge is 0.372 e. The molecule has 24 heavy (non-hydrogen) atoms. The summed E-state index contributed by atoms with van der Waals surface area (Å²) >= 11 is 0. The van der Waals surface area contributed by atoms with E-state index in [1.54, 1.807) is 0 Å². The standard InChI is InChI=1S/C21H28N2O/c24-20(21-12-15-9-16(13-21)11-17(10-15)14-21)22-18-3-5-19(6-4-18)23-7-1-2-8-23/h3-6,15-17H,1-2,7-14H2,(H,22,24). The predicted octanol–water partition coefficient (Wildman–Crippen LogP) is 4.44. The minimum Gasteiger partial charge on any atom is -0.372 e. The van der Waals surface area contributed by atoms with Gasteiger partial charge >= 0.3 is 0 Å². The first kappa shape index (κ1) is 14.8. The van der Waals surface area contributed by atoms with Gasteiger partial charge in [0.1, 0.15) is 0 Å². The summed E-state index contributed by atoms with van der Waals surface area (Å²) in [5, 5.41) is 3.26. The molecule has 4 aliphatic carbocycles. The van der Waals surface area contributed by atoms with Crippen LogP contribution in [0.5, 0.6) is 0 Å². The molecule has 1 amide bonds. The topological polar surface area (TPSA) is 32.3 Å². The van der Waals surface area contributed by atoms with Crippen molar-refractivity contribution in [3.05, 3.63) is 24.3 Å².